The SMILES string of the molecule is Cc1ccccc1C(C(=O)NC1CCCCC1)N(CCCl)c1cccc(F)c1. The molecule has 28 heavy (non-hydrogen) atoms. The zero-order valence-electron chi connectivity index (χ0n) is 16.3. The van der Waals surface area contributed by atoms with E-state index >= 15 is 0 Å². The minimum Gasteiger partial charge on any atom is -0.355 e. The van der Waals surface area contributed by atoms with Gasteiger partial charge in [0.05, 0.1) is 0 Å². The number of halogens is 2. The lowest BCUT2D eigenvalue weighted by molar-refractivity contribution is -0.123. The van der Waals surface area contributed by atoms with Crippen molar-refractivity contribution in [3.8, 4) is 0 Å². The third-order valence-corrected chi connectivity index (χ3v) is 5.63. The maximum atomic E-state index is 13.9. The van der Waals surface area contributed by atoms with Crippen LogP contribution in [0.1, 0.15) is 49.3 Å². The molecule has 1 atom stereocenters. The molecule has 1 aliphatic rings. The number of carbonyl (C=O) groups is 1. The van der Waals surface area contributed by atoms with Gasteiger partial charge in [-0.15, -0.1) is 11.6 Å². The van der Waals surface area contributed by atoms with Crippen molar-refractivity contribution in [1.82, 2.24) is 5.32 Å². The summed E-state index contributed by atoms with van der Waals surface area (Å²) in [7, 11) is 0. The average molecular weight is 403 g/mol. The number of carbonyl (C=O) groups excluding carboxylic acids is 1. The summed E-state index contributed by atoms with van der Waals surface area (Å²) in [6, 6.07) is 13.9. The van der Waals surface area contributed by atoms with Crippen LogP contribution in [0.2, 0.25) is 0 Å². The van der Waals surface area contributed by atoms with Crippen molar-refractivity contribution in [2.75, 3.05) is 17.3 Å². The molecule has 1 aliphatic carbocycles. The van der Waals surface area contributed by atoms with Crippen LogP contribution in [0.15, 0.2) is 48.5 Å². The van der Waals surface area contributed by atoms with Gasteiger partial charge in [-0.25, -0.2) is 4.39 Å². The molecule has 0 heterocycles. The first-order chi connectivity index (χ1) is 13.6. The van der Waals surface area contributed by atoms with Crippen LogP contribution >= 0.6 is 11.6 Å². The highest BCUT2D eigenvalue weighted by atomic mass is 35.5. The van der Waals surface area contributed by atoms with Gasteiger partial charge in [0.2, 0.25) is 5.91 Å². The fourth-order valence-corrected chi connectivity index (χ4v) is 4.21. The Labute approximate surface area is 171 Å². The van der Waals surface area contributed by atoms with Crippen molar-refractivity contribution in [3.63, 3.8) is 0 Å². The summed E-state index contributed by atoms with van der Waals surface area (Å²) < 4.78 is 13.9. The Hall–Kier alpha value is -2.07. The molecular formula is C23H28ClFN2O. The highest BCUT2D eigenvalue weighted by molar-refractivity contribution is 6.18. The van der Waals surface area contributed by atoms with Crippen LogP contribution in [0.4, 0.5) is 10.1 Å². The Kier molecular flexibility index (Phi) is 7.32. The Bertz CT molecular complexity index is 792. The van der Waals surface area contributed by atoms with Gasteiger partial charge < -0.3 is 10.2 Å². The molecule has 5 heteroatoms. The molecule has 1 N–H and O–H groups in total. The Morgan fingerprint density at radius 2 is 1.93 bits per heavy atom. The van der Waals surface area contributed by atoms with Crippen molar-refractivity contribution in [2.24, 2.45) is 0 Å². The van der Waals surface area contributed by atoms with Gasteiger partial charge in [-0.05, 0) is 49.1 Å². The highest BCUT2D eigenvalue weighted by Gasteiger charge is 2.31. The molecule has 3 rings (SSSR count). The average Bonchev–Trinajstić information content (AvgIpc) is 2.70. The number of aryl methyl sites for hydroxylation is 1. The number of alkyl halides is 1. The number of nitrogens with one attached hydrogen (secondary N) is 1. The summed E-state index contributed by atoms with van der Waals surface area (Å²) in [6.45, 7) is 2.45. The number of hydrogen-bond acceptors (Lipinski definition) is 2. The predicted molar refractivity (Wildman–Crippen MR) is 113 cm³/mol. The van der Waals surface area contributed by atoms with E-state index in [-0.39, 0.29) is 17.8 Å². The molecule has 0 aromatic heterocycles. The summed E-state index contributed by atoms with van der Waals surface area (Å²) in [5.41, 5.74) is 2.61. The largest absolute Gasteiger partial charge is 0.355 e. The van der Waals surface area contributed by atoms with Crippen molar-refractivity contribution in [3.05, 3.63) is 65.5 Å². The number of amides is 1. The number of nitrogens with zero attached hydrogens (tertiary/aromatic N) is 1. The summed E-state index contributed by atoms with van der Waals surface area (Å²) in [5, 5.41) is 3.25. The van der Waals surface area contributed by atoms with Crippen molar-refractivity contribution < 1.29 is 9.18 Å². The molecule has 1 amide bonds. The monoisotopic (exact) mass is 402 g/mol. The summed E-state index contributed by atoms with van der Waals surface area (Å²) in [6.07, 6.45) is 5.56. The lowest BCUT2D eigenvalue weighted by atomic mass is 9.94. The van der Waals surface area contributed by atoms with Gasteiger partial charge in [-0.3, -0.25) is 4.79 Å². The molecule has 2 aromatic carbocycles. The molecule has 1 fully saturated rings. The van der Waals surface area contributed by atoms with Gasteiger partial charge in [-0.1, -0.05) is 49.6 Å². The summed E-state index contributed by atoms with van der Waals surface area (Å²) >= 11 is 6.09. The third kappa shape index (κ3) is 5.05. The van der Waals surface area contributed by atoms with Crippen molar-refractivity contribution >= 4 is 23.2 Å². The molecule has 0 radical (unpaired) electrons. The Morgan fingerprint density at radius 1 is 1.18 bits per heavy atom. The van der Waals surface area contributed by atoms with E-state index in [4.69, 9.17) is 11.6 Å². The van der Waals surface area contributed by atoms with Crippen LogP contribution in [-0.4, -0.2) is 24.4 Å². The Balaban J connectivity index is 1.98. The van der Waals surface area contributed by atoms with Crippen LogP contribution in [0.3, 0.4) is 0 Å². The molecule has 1 saturated carbocycles. The number of rotatable bonds is 7. The van der Waals surface area contributed by atoms with Crippen molar-refractivity contribution in [2.45, 2.75) is 51.1 Å². The van der Waals surface area contributed by atoms with E-state index in [2.05, 4.69) is 5.32 Å². The molecule has 3 nitrogen and oxygen atoms in total. The smallest absolute Gasteiger partial charge is 0.247 e. The zero-order chi connectivity index (χ0) is 19.9. The first kappa shape index (κ1) is 20.7. The topological polar surface area (TPSA) is 32.3 Å². The van der Waals surface area contributed by atoms with E-state index in [1.54, 1.807) is 6.07 Å². The third-order valence-electron chi connectivity index (χ3n) is 5.46. The van der Waals surface area contributed by atoms with Crippen LogP contribution in [0.5, 0.6) is 0 Å². The lowest BCUT2D eigenvalue weighted by Gasteiger charge is -2.35. The Morgan fingerprint density at radius 3 is 2.61 bits per heavy atom. The van der Waals surface area contributed by atoms with E-state index in [1.165, 1.54) is 18.6 Å². The molecule has 0 aliphatic heterocycles. The minimum absolute atomic E-state index is 0.0458. The molecule has 150 valence electrons. The van der Waals surface area contributed by atoms with E-state index in [9.17, 15) is 9.18 Å². The second kappa shape index (κ2) is 9.92. The normalized spacial score (nSPS) is 15.8. The molecular weight excluding hydrogens is 375 g/mol. The first-order valence-corrected chi connectivity index (χ1v) is 10.6. The van der Waals surface area contributed by atoms with Crippen LogP contribution in [-0.2, 0) is 4.79 Å². The van der Waals surface area contributed by atoms with Crippen LogP contribution in [0.25, 0.3) is 0 Å². The van der Waals surface area contributed by atoms with Crippen LogP contribution in [0, 0.1) is 12.7 Å². The number of anilines is 1. The van der Waals surface area contributed by atoms with Gasteiger partial charge in [0, 0.05) is 24.2 Å². The van der Waals surface area contributed by atoms with Gasteiger partial charge >= 0.3 is 0 Å². The van der Waals surface area contributed by atoms with Gasteiger partial charge in [0.25, 0.3) is 0 Å². The maximum absolute atomic E-state index is 13.9. The van der Waals surface area contributed by atoms with Gasteiger partial charge in [0.15, 0.2) is 0 Å². The summed E-state index contributed by atoms with van der Waals surface area (Å²) in [4.78, 5) is 15.4. The van der Waals surface area contributed by atoms with Crippen LogP contribution < -0.4 is 10.2 Å². The molecule has 2 aromatic rings. The number of hydrogen-bond donors (Lipinski definition) is 1. The maximum Gasteiger partial charge on any atom is 0.247 e. The second-order valence-electron chi connectivity index (χ2n) is 7.46. The van der Waals surface area contributed by atoms with E-state index in [1.807, 2.05) is 42.2 Å². The molecule has 1 unspecified atom stereocenters. The molecule has 0 bridgehead atoms. The van der Waals surface area contributed by atoms with Gasteiger partial charge in [0.1, 0.15) is 11.9 Å². The molecule has 0 saturated heterocycles. The van der Waals surface area contributed by atoms with Crippen molar-refractivity contribution in [1.29, 1.82) is 0 Å². The van der Waals surface area contributed by atoms with E-state index < -0.39 is 6.04 Å². The van der Waals surface area contributed by atoms with Gasteiger partial charge in [-0.2, -0.15) is 0 Å². The first-order valence-electron chi connectivity index (χ1n) is 10.0. The summed E-state index contributed by atoms with van der Waals surface area (Å²) in [5.74, 6) is -0.0286. The van der Waals surface area contributed by atoms with E-state index in [0.29, 0.717) is 18.1 Å². The lowest BCUT2D eigenvalue weighted by Crippen LogP contribution is -2.46. The second-order valence-corrected chi connectivity index (χ2v) is 7.84. The fourth-order valence-electron chi connectivity index (χ4n) is 4.02. The fraction of sp³-hybridized carbons (Fsp3) is 0.435. The molecule has 0 spiro atoms. The minimum atomic E-state index is -0.552. The predicted octanol–water partition coefficient (Wildman–Crippen LogP) is 5.37. The quantitative estimate of drug-likeness (QED) is 0.631. The highest BCUT2D eigenvalue weighted by Crippen LogP contribution is 2.31. The zero-order valence-corrected chi connectivity index (χ0v) is 17.1. The van der Waals surface area contributed by atoms with E-state index in [0.717, 1.165) is 36.8 Å². The number of benzene rings is 2. The standard InChI is InChI=1S/C23H28ClFN2O/c1-17-8-5-6-13-21(17)22(23(28)26-19-10-3-2-4-11-19)27(15-14-24)20-12-7-9-18(25)16-20/h5-9,12-13,16,19,22H,2-4,10-11,14-15H2,1H3,(H,26,28).